The number of hydrogen-bond donors (Lipinski definition) is 2. The summed E-state index contributed by atoms with van der Waals surface area (Å²) in [6, 6.07) is 3.46. The van der Waals surface area contributed by atoms with Crippen LogP contribution in [0.1, 0.15) is 12.8 Å². The molecule has 1 aliphatic heterocycles. The zero-order valence-electron chi connectivity index (χ0n) is 10.3. The van der Waals surface area contributed by atoms with E-state index < -0.39 is 0 Å². The van der Waals surface area contributed by atoms with E-state index in [1.807, 2.05) is 0 Å². The lowest BCUT2D eigenvalue weighted by Crippen LogP contribution is -2.35. The van der Waals surface area contributed by atoms with Crippen molar-refractivity contribution in [2.45, 2.75) is 18.9 Å². The third kappa shape index (κ3) is 2.45. The minimum Gasteiger partial charge on any atom is -0.322 e. The largest absolute Gasteiger partial charge is 0.322 e. The van der Waals surface area contributed by atoms with E-state index in [0.717, 1.165) is 19.4 Å². The summed E-state index contributed by atoms with van der Waals surface area (Å²) in [4.78, 5) is 20.2. The molecule has 0 spiro atoms. The second-order valence-corrected chi connectivity index (χ2v) is 4.35. The fourth-order valence-electron chi connectivity index (χ4n) is 2.12. The number of anilines is 1. The molecule has 19 heavy (non-hydrogen) atoms. The van der Waals surface area contributed by atoms with Gasteiger partial charge in [-0.3, -0.25) is 4.79 Å². The molecule has 7 nitrogen and oxygen atoms in total. The van der Waals surface area contributed by atoms with Gasteiger partial charge in [-0.25, -0.2) is 14.6 Å². The number of aromatic nitrogens is 4. The summed E-state index contributed by atoms with van der Waals surface area (Å²) in [6.07, 6.45) is 6.52. The highest BCUT2D eigenvalue weighted by Crippen LogP contribution is 2.17. The third-order valence-corrected chi connectivity index (χ3v) is 3.06. The Kier molecular flexibility index (Phi) is 3.20. The normalized spacial score (nSPS) is 18.4. The predicted octanol–water partition coefficient (Wildman–Crippen LogP) is 0.353. The minimum absolute atomic E-state index is 0.0353. The minimum atomic E-state index is -0.121. The van der Waals surface area contributed by atoms with Crippen LogP contribution < -0.4 is 10.6 Å². The van der Waals surface area contributed by atoms with Crippen LogP contribution in [0.4, 0.5) is 5.69 Å². The molecule has 0 aromatic carbocycles. The van der Waals surface area contributed by atoms with Gasteiger partial charge in [-0.05, 0) is 31.5 Å². The van der Waals surface area contributed by atoms with Crippen LogP contribution in [0.5, 0.6) is 0 Å². The second kappa shape index (κ2) is 5.15. The van der Waals surface area contributed by atoms with Crippen molar-refractivity contribution in [3.63, 3.8) is 0 Å². The number of nitrogens with zero attached hydrogens (tertiary/aromatic N) is 4. The van der Waals surface area contributed by atoms with E-state index in [-0.39, 0.29) is 11.9 Å². The Bertz CT molecular complexity index is 561. The van der Waals surface area contributed by atoms with Gasteiger partial charge >= 0.3 is 0 Å². The SMILES string of the molecule is O=C(Nc1cccnc1-n1cncn1)C1CCCN1. The van der Waals surface area contributed by atoms with Gasteiger partial charge in [0.2, 0.25) is 5.91 Å². The van der Waals surface area contributed by atoms with Crippen molar-refractivity contribution in [3.05, 3.63) is 31.0 Å². The van der Waals surface area contributed by atoms with Gasteiger partial charge in [-0.1, -0.05) is 0 Å². The van der Waals surface area contributed by atoms with E-state index in [9.17, 15) is 4.79 Å². The van der Waals surface area contributed by atoms with Crippen molar-refractivity contribution >= 4 is 11.6 Å². The maximum atomic E-state index is 12.1. The first-order valence-corrected chi connectivity index (χ1v) is 6.19. The molecule has 3 rings (SSSR count). The highest BCUT2D eigenvalue weighted by atomic mass is 16.2. The van der Waals surface area contributed by atoms with Crippen molar-refractivity contribution in [2.75, 3.05) is 11.9 Å². The zero-order chi connectivity index (χ0) is 13.1. The first kappa shape index (κ1) is 11.8. The van der Waals surface area contributed by atoms with Crippen LogP contribution >= 0.6 is 0 Å². The van der Waals surface area contributed by atoms with Crippen LogP contribution in [-0.4, -0.2) is 38.2 Å². The quantitative estimate of drug-likeness (QED) is 0.830. The summed E-state index contributed by atoms with van der Waals surface area (Å²) >= 11 is 0. The van der Waals surface area contributed by atoms with Crippen molar-refractivity contribution in [1.29, 1.82) is 0 Å². The molecule has 2 aromatic rings. The van der Waals surface area contributed by atoms with Gasteiger partial charge in [0, 0.05) is 6.20 Å². The van der Waals surface area contributed by atoms with Crippen LogP contribution in [0, 0.1) is 0 Å². The Labute approximate surface area is 110 Å². The first-order chi connectivity index (χ1) is 9.34. The third-order valence-electron chi connectivity index (χ3n) is 3.06. The van der Waals surface area contributed by atoms with Crippen molar-refractivity contribution < 1.29 is 4.79 Å². The monoisotopic (exact) mass is 258 g/mol. The molecule has 1 saturated heterocycles. The maximum Gasteiger partial charge on any atom is 0.241 e. The summed E-state index contributed by atoms with van der Waals surface area (Å²) in [5, 5.41) is 10.1. The molecule has 3 heterocycles. The summed E-state index contributed by atoms with van der Waals surface area (Å²) in [6.45, 7) is 0.890. The van der Waals surface area contributed by atoms with Gasteiger partial charge in [-0.2, -0.15) is 5.10 Å². The number of carbonyl (C=O) groups excluding carboxylic acids is 1. The van der Waals surface area contributed by atoms with Crippen LogP contribution in [0.15, 0.2) is 31.0 Å². The molecule has 1 atom stereocenters. The number of amides is 1. The van der Waals surface area contributed by atoms with Gasteiger partial charge in [0.15, 0.2) is 5.82 Å². The van der Waals surface area contributed by atoms with Crippen molar-refractivity contribution in [1.82, 2.24) is 25.1 Å². The molecule has 0 radical (unpaired) electrons. The maximum absolute atomic E-state index is 12.1. The molecule has 98 valence electrons. The van der Waals surface area contributed by atoms with Gasteiger partial charge in [0.05, 0.1) is 11.7 Å². The van der Waals surface area contributed by atoms with E-state index in [0.29, 0.717) is 11.5 Å². The smallest absolute Gasteiger partial charge is 0.241 e. The van der Waals surface area contributed by atoms with E-state index in [1.165, 1.54) is 11.0 Å². The lowest BCUT2D eigenvalue weighted by Gasteiger charge is -2.13. The number of hydrogen-bond acceptors (Lipinski definition) is 5. The Morgan fingerprint density at radius 3 is 3.21 bits per heavy atom. The lowest BCUT2D eigenvalue weighted by atomic mass is 10.2. The Morgan fingerprint density at radius 1 is 1.53 bits per heavy atom. The molecule has 2 aromatic heterocycles. The fourth-order valence-corrected chi connectivity index (χ4v) is 2.12. The molecule has 0 aliphatic carbocycles. The molecular weight excluding hydrogens is 244 g/mol. The topological polar surface area (TPSA) is 84.7 Å². The van der Waals surface area contributed by atoms with Gasteiger partial charge < -0.3 is 10.6 Å². The van der Waals surface area contributed by atoms with Gasteiger partial charge in [-0.15, -0.1) is 0 Å². The fraction of sp³-hybridized carbons (Fsp3) is 0.333. The van der Waals surface area contributed by atoms with Gasteiger partial charge in [0.1, 0.15) is 12.7 Å². The number of nitrogens with one attached hydrogen (secondary N) is 2. The molecular formula is C12H14N6O. The van der Waals surface area contributed by atoms with Crippen LogP contribution in [0.3, 0.4) is 0 Å². The van der Waals surface area contributed by atoms with Crippen LogP contribution in [0.25, 0.3) is 5.82 Å². The second-order valence-electron chi connectivity index (χ2n) is 4.35. The molecule has 7 heteroatoms. The molecule has 1 amide bonds. The van der Waals surface area contributed by atoms with E-state index in [1.54, 1.807) is 24.7 Å². The molecule has 1 unspecified atom stereocenters. The number of pyridine rings is 1. The molecule has 1 fully saturated rings. The van der Waals surface area contributed by atoms with Crippen molar-refractivity contribution in [2.24, 2.45) is 0 Å². The summed E-state index contributed by atoms with van der Waals surface area (Å²) in [5.74, 6) is 0.526. The zero-order valence-corrected chi connectivity index (χ0v) is 10.3. The highest BCUT2D eigenvalue weighted by Gasteiger charge is 2.22. The summed E-state index contributed by atoms with van der Waals surface area (Å²) in [5.41, 5.74) is 0.631. The standard InChI is InChI=1S/C12H14N6O/c19-12(10-4-2-5-14-10)17-9-3-1-6-15-11(9)18-8-13-7-16-18/h1,3,6-8,10,14H,2,4-5H2,(H,17,19). The number of carbonyl (C=O) groups is 1. The van der Waals surface area contributed by atoms with Gasteiger partial charge in [0.25, 0.3) is 0 Å². The molecule has 1 aliphatic rings. The van der Waals surface area contributed by atoms with Crippen LogP contribution in [-0.2, 0) is 4.79 Å². The molecule has 0 bridgehead atoms. The van der Waals surface area contributed by atoms with Crippen molar-refractivity contribution in [3.8, 4) is 5.82 Å². The van der Waals surface area contributed by atoms with Crippen LogP contribution in [0.2, 0.25) is 0 Å². The molecule has 0 saturated carbocycles. The first-order valence-electron chi connectivity index (χ1n) is 6.19. The molecule has 2 N–H and O–H groups in total. The number of rotatable bonds is 3. The Hall–Kier alpha value is -2.28. The Balaban J connectivity index is 1.83. The predicted molar refractivity (Wildman–Crippen MR) is 68.8 cm³/mol. The van der Waals surface area contributed by atoms with E-state index >= 15 is 0 Å². The highest BCUT2D eigenvalue weighted by molar-refractivity contribution is 5.96. The van der Waals surface area contributed by atoms with E-state index in [2.05, 4.69) is 25.7 Å². The average Bonchev–Trinajstić information content (AvgIpc) is 3.13. The summed E-state index contributed by atoms with van der Waals surface area (Å²) < 4.78 is 1.53. The van der Waals surface area contributed by atoms with E-state index in [4.69, 9.17) is 0 Å². The average molecular weight is 258 g/mol. The lowest BCUT2D eigenvalue weighted by molar-refractivity contribution is -0.117. The Morgan fingerprint density at radius 2 is 2.47 bits per heavy atom. The summed E-state index contributed by atoms with van der Waals surface area (Å²) in [7, 11) is 0.